The van der Waals surface area contributed by atoms with Crippen molar-refractivity contribution in [2.75, 3.05) is 25.1 Å². The number of rotatable bonds is 7. The number of aliphatic hydroxyl groups excluding tert-OH is 1. The Morgan fingerprint density at radius 3 is 2.80 bits per heavy atom. The second kappa shape index (κ2) is 7.11. The van der Waals surface area contributed by atoms with E-state index in [1.807, 2.05) is 11.9 Å². The van der Waals surface area contributed by atoms with E-state index in [1.54, 1.807) is 0 Å². The molecule has 8 nitrogen and oxygen atoms in total. The predicted molar refractivity (Wildman–Crippen MR) is 74.0 cm³/mol. The zero-order chi connectivity index (χ0) is 14.4. The van der Waals surface area contributed by atoms with Crippen LogP contribution in [0.15, 0.2) is 12.7 Å². The zero-order valence-electron chi connectivity index (χ0n) is 11.1. The van der Waals surface area contributed by atoms with E-state index >= 15 is 0 Å². The molecule has 2 aromatic heterocycles. The summed E-state index contributed by atoms with van der Waals surface area (Å²) in [4.78, 5) is 18.2. The van der Waals surface area contributed by atoms with Crippen LogP contribution in [0.4, 0.5) is 5.95 Å². The molecule has 0 aromatic carbocycles. The summed E-state index contributed by atoms with van der Waals surface area (Å²) in [5.41, 5.74) is 0. The molecule has 0 saturated heterocycles. The van der Waals surface area contributed by atoms with Crippen LogP contribution in [0.5, 0.6) is 0 Å². The van der Waals surface area contributed by atoms with Crippen LogP contribution in [0.3, 0.4) is 0 Å². The van der Waals surface area contributed by atoms with E-state index in [9.17, 15) is 0 Å². The summed E-state index contributed by atoms with van der Waals surface area (Å²) in [6.45, 7) is 0.995. The summed E-state index contributed by atoms with van der Waals surface area (Å²) in [5, 5.41) is 12.8. The van der Waals surface area contributed by atoms with Gasteiger partial charge in [-0.25, -0.2) is 4.98 Å². The largest absolute Gasteiger partial charge is 0.396 e. The van der Waals surface area contributed by atoms with Gasteiger partial charge in [0.15, 0.2) is 0 Å². The lowest BCUT2D eigenvalue weighted by atomic mass is 10.2. The molecule has 0 aliphatic rings. The third kappa shape index (κ3) is 3.84. The lowest BCUT2D eigenvalue weighted by Crippen LogP contribution is -2.22. The van der Waals surface area contributed by atoms with Gasteiger partial charge in [0, 0.05) is 20.2 Å². The van der Waals surface area contributed by atoms with Gasteiger partial charge in [0.05, 0.1) is 0 Å². The van der Waals surface area contributed by atoms with E-state index in [0.717, 1.165) is 25.8 Å². The van der Waals surface area contributed by atoms with E-state index in [0.29, 0.717) is 11.9 Å². The molecular formula is C11H16ClN7O. The highest BCUT2D eigenvalue weighted by Gasteiger charge is 2.10. The van der Waals surface area contributed by atoms with E-state index in [-0.39, 0.29) is 11.9 Å². The van der Waals surface area contributed by atoms with Crippen LogP contribution in [-0.4, -0.2) is 55.0 Å². The maximum absolute atomic E-state index is 8.75. The Balaban J connectivity index is 2.07. The van der Waals surface area contributed by atoms with Crippen LogP contribution in [0.25, 0.3) is 5.95 Å². The molecule has 1 N–H and O–H groups in total. The van der Waals surface area contributed by atoms with Gasteiger partial charge in [-0.05, 0) is 30.9 Å². The SMILES string of the molecule is CN(CCCCCO)c1nc(Cl)nc(-n2cncn2)n1. The number of unbranched alkanes of at least 4 members (excludes halogenated alkanes) is 2. The molecule has 20 heavy (non-hydrogen) atoms. The van der Waals surface area contributed by atoms with Crippen LogP contribution in [0.1, 0.15) is 19.3 Å². The first-order chi connectivity index (χ1) is 9.70. The summed E-state index contributed by atoms with van der Waals surface area (Å²) in [7, 11) is 1.88. The van der Waals surface area contributed by atoms with Crippen LogP contribution < -0.4 is 4.90 Å². The molecule has 2 heterocycles. The van der Waals surface area contributed by atoms with Gasteiger partial charge < -0.3 is 10.0 Å². The molecule has 0 atom stereocenters. The number of hydrogen-bond acceptors (Lipinski definition) is 7. The maximum Gasteiger partial charge on any atom is 0.258 e. The summed E-state index contributed by atoms with van der Waals surface area (Å²) >= 11 is 5.91. The van der Waals surface area contributed by atoms with E-state index < -0.39 is 0 Å². The molecule has 0 bridgehead atoms. The summed E-state index contributed by atoms with van der Waals surface area (Å²) in [6, 6.07) is 0. The van der Waals surface area contributed by atoms with Gasteiger partial charge >= 0.3 is 0 Å². The Morgan fingerprint density at radius 2 is 2.10 bits per heavy atom. The number of halogens is 1. The van der Waals surface area contributed by atoms with Crippen molar-refractivity contribution in [1.82, 2.24) is 29.7 Å². The predicted octanol–water partition coefficient (Wildman–Crippen LogP) is 0.704. The number of nitrogens with zero attached hydrogens (tertiary/aromatic N) is 7. The van der Waals surface area contributed by atoms with Crippen molar-refractivity contribution < 1.29 is 5.11 Å². The molecule has 2 aromatic rings. The molecule has 0 radical (unpaired) electrons. The van der Waals surface area contributed by atoms with Crippen LogP contribution in [0, 0.1) is 0 Å². The standard InChI is InChI=1S/C11H16ClN7O/c1-18(5-3-2-4-6-20)10-15-9(12)16-11(17-10)19-8-13-7-14-19/h7-8,20H,2-6H2,1H3. The Kier molecular flexibility index (Phi) is 5.19. The van der Waals surface area contributed by atoms with Crippen molar-refractivity contribution in [2.45, 2.75) is 19.3 Å². The second-order valence-electron chi connectivity index (χ2n) is 4.25. The highest BCUT2D eigenvalue weighted by Crippen LogP contribution is 2.12. The minimum atomic E-state index is 0.114. The lowest BCUT2D eigenvalue weighted by molar-refractivity contribution is 0.283. The van der Waals surface area contributed by atoms with Gasteiger partial charge in [0.2, 0.25) is 11.2 Å². The Hall–Kier alpha value is -1.80. The Morgan fingerprint density at radius 1 is 1.25 bits per heavy atom. The van der Waals surface area contributed by atoms with Gasteiger partial charge in [-0.15, -0.1) is 0 Å². The zero-order valence-corrected chi connectivity index (χ0v) is 11.9. The van der Waals surface area contributed by atoms with Crippen molar-refractivity contribution in [3.05, 3.63) is 17.9 Å². The molecular weight excluding hydrogens is 282 g/mol. The van der Waals surface area contributed by atoms with Gasteiger partial charge in [0.1, 0.15) is 12.7 Å². The van der Waals surface area contributed by atoms with Crippen LogP contribution in [0.2, 0.25) is 5.28 Å². The molecule has 0 aliphatic heterocycles. The number of anilines is 1. The van der Waals surface area contributed by atoms with Gasteiger partial charge in [0.25, 0.3) is 5.95 Å². The monoisotopic (exact) mass is 297 g/mol. The van der Waals surface area contributed by atoms with E-state index in [2.05, 4.69) is 25.0 Å². The molecule has 108 valence electrons. The maximum atomic E-state index is 8.75. The summed E-state index contributed by atoms with van der Waals surface area (Å²) < 4.78 is 1.43. The van der Waals surface area contributed by atoms with Crippen molar-refractivity contribution >= 4 is 17.5 Å². The highest BCUT2D eigenvalue weighted by atomic mass is 35.5. The van der Waals surface area contributed by atoms with Gasteiger partial charge in [-0.1, -0.05) is 0 Å². The topological polar surface area (TPSA) is 92.8 Å². The molecule has 2 rings (SSSR count). The lowest BCUT2D eigenvalue weighted by Gasteiger charge is -2.17. The number of aromatic nitrogens is 6. The molecule has 0 unspecified atom stereocenters. The molecule has 0 fully saturated rings. The fourth-order valence-corrected chi connectivity index (χ4v) is 1.80. The highest BCUT2D eigenvalue weighted by molar-refractivity contribution is 6.28. The molecule has 9 heteroatoms. The van der Waals surface area contributed by atoms with Crippen molar-refractivity contribution in [3.63, 3.8) is 0 Å². The average molecular weight is 298 g/mol. The van der Waals surface area contributed by atoms with Crippen molar-refractivity contribution in [3.8, 4) is 5.95 Å². The first-order valence-corrected chi connectivity index (χ1v) is 6.67. The van der Waals surface area contributed by atoms with Crippen molar-refractivity contribution in [1.29, 1.82) is 0 Å². The minimum Gasteiger partial charge on any atom is -0.396 e. The average Bonchev–Trinajstić information content (AvgIpc) is 2.97. The normalized spacial score (nSPS) is 10.8. The fraction of sp³-hybridized carbons (Fsp3) is 0.545. The fourth-order valence-electron chi connectivity index (χ4n) is 1.65. The quantitative estimate of drug-likeness (QED) is 0.752. The number of hydrogen-bond donors (Lipinski definition) is 1. The van der Waals surface area contributed by atoms with Gasteiger partial charge in [-0.2, -0.15) is 24.7 Å². The van der Waals surface area contributed by atoms with E-state index in [1.165, 1.54) is 17.3 Å². The smallest absolute Gasteiger partial charge is 0.258 e. The summed E-state index contributed by atoms with van der Waals surface area (Å²) in [6.07, 6.45) is 5.59. The first kappa shape index (κ1) is 14.6. The molecule has 0 saturated carbocycles. The van der Waals surface area contributed by atoms with Crippen LogP contribution >= 0.6 is 11.6 Å². The van der Waals surface area contributed by atoms with E-state index in [4.69, 9.17) is 16.7 Å². The minimum absolute atomic E-state index is 0.114. The Labute approximate surface area is 121 Å². The Bertz CT molecular complexity index is 534. The molecule has 0 spiro atoms. The molecule has 0 aliphatic carbocycles. The second-order valence-corrected chi connectivity index (χ2v) is 4.59. The van der Waals surface area contributed by atoms with Gasteiger partial charge in [-0.3, -0.25) is 0 Å². The summed E-state index contributed by atoms with van der Waals surface area (Å²) in [5.74, 6) is 0.819. The van der Waals surface area contributed by atoms with Crippen LogP contribution in [-0.2, 0) is 0 Å². The third-order valence-corrected chi connectivity index (χ3v) is 2.87. The number of aliphatic hydroxyl groups is 1. The first-order valence-electron chi connectivity index (χ1n) is 6.29. The molecule has 0 amide bonds. The van der Waals surface area contributed by atoms with Crippen molar-refractivity contribution in [2.24, 2.45) is 0 Å². The third-order valence-electron chi connectivity index (χ3n) is 2.70.